The Labute approximate surface area is 154 Å². The van der Waals surface area contributed by atoms with Crippen molar-refractivity contribution < 1.29 is 13.2 Å². The average Bonchev–Trinajstić information content (AvgIpc) is 3.15. The fourth-order valence-corrected chi connectivity index (χ4v) is 5.05. The van der Waals surface area contributed by atoms with E-state index >= 15 is 0 Å². The van der Waals surface area contributed by atoms with E-state index in [0.29, 0.717) is 30.1 Å². The Morgan fingerprint density at radius 2 is 1.92 bits per heavy atom. The Bertz CT molecular complexity index is 984. The highest BCUT2D eigenvalue weighted by Gasteiger charge is 2.31. The molecule has 2 atom stereocenters. The minimum absolute atomic E-state index is 0.0134. The molecule has 0 saturated carbocycles. The summed E-state index contributed by atoms with van der Waals surface area (Å²) >= 11 is 0. The number of carbonyl (C=O) groups excluding carboxylic acids is 1. The van der Waals surface area contributed by atoms with E-state index in [1.807, 2.05) is 18.2 Å². The fourth-order valence-electron chi connectivity index (χ4n) is 4.10. The Hall–Kier alpha value is -2.34. The van der Waals surface area contributed by atoms with Crippen molar-refractivity contribution in [3.05, 3.63) is 64.7 Å². The number of anilines is 1. The number of carbonyl (C=O) groups is 1. The number of nitrogens with zero attached hydrogens (tertiary/aromatic N) is 1. The number of amides is 1. The van der Waals surface area contributed by atoms with Crippen LogP contribution in [0.4, 0.5) is 5.69 Å². The van der Waals surface area contributed by atoms with Gasteiger partial charge in [-0.25, -0.2) is 8.42 Å². The molecule has 0 fully saturated rings. The molecule has 1 aliphatic carbocycles. The second-order valence-corrected chi connectivity index (χ2v) is 9.17. The van der Waals surface area contributed by atoms with Crippen molar-refractivity contribution in [2.75, 3.05) is 17.1 Å². The van der Waals surface area contributed by atoms with Crippen LogP contribution in [0.15, 0.2) is 42.5 Å². The maximum atomic E-state index is 12.8. The molecule has 0 radical (unpaired) electrons. The Kier molecular flexibility index (Phi) is 4.03. The maximum absolute atomic E-state index is 12.8. The summed E-state index contributed by atoms with van der Waals surface area (Å²) in [5, 5.41) is 3.16. The molecule has 1 N–H and O–H groups in total. The summed E-state index contributed by atoms with van der Waals surface area (Å²) in [6, 6.07) is 13.5. The SMILES string of the molecule is CC1Cc2ccccc2C1NC(=O)c1ccc2c(c1)CCN2S(C)(=O)=O. The lowest BCUT2D eigenvalue weighted by atomic mass is 10.0. The van der Waals surface area contributed by atoms with Crippen LogP contribution in [0.25, 0.3) is 0 Å². The van der Waals surface area contributed by atoms with Gasteiger partial charge in [-0.05, 0) is 53.6 Å². The quantitative estimate of drug-likeness (QED) is 0.903. The van der Waals surface area contributed by atoms with E-state index in [4.69, 9.17) is 0 Å². The third-order valence-corrected chi connectivity index (χ3v) is 6.56. The monoisotopic (exact) mass is 370 g/mol. The second-order valence-electron chi connectivity index (χ2n) is 7.26. The van der Waals surface area contributed by atoms with E-state index in [2.05, 4.69) is 24.4 Å². The van der Waals surface area contributed by atoms with Crippen molar-refractivity contribution in [3.8, 4) is 0 Å². The standard InChI is InChI=1S/C20H22N2O3S/c1-13-11-14-5-3-4-6-17(14)19(13)21-20(23)16-7-8-18-15(12-16)9-10-22(18)26(2,24)25/h3-8,12-13,19H,9-11H2,1-2H3,(H,21,23). The normalized spacial score (nSPS) is 21.4. The summed E-state index contributed by atoms with van der Waals surface area (Å²) in [7, 11) is -3.28. The largest absolute Gasteiger partial charge is 0.345 e. The Morgan fingerprint density at radius 3 is 2.69 bits per heavy atom. The van der Waals surface area contributed by atoms with E-state index in [-0.39, 0.29) is 11.9 Å². The van der Waals surface area contributed by atoms with Crippen LogP contribution in [0.5, 0.6) is 0 Å². The lowest BCUT2D eigenvalue weighted by molar-refractivity contribution is 0.0927. The molecule has 4 rings (SSSR count). The first-order valence-corrected chi connectivity index (χ1v) is 10.7. The third-order valence-electron chi connectivity index (χ3n) is 5.38. The van der Waals surface area contributed by atoms with E-state index in [0.717, 1.165) is 12.0 Å². The number of nitrogens with one attached hydrogen (secondary N) is 1. The number of sulfonamides is 1. The van der Waals surface area contributed by atoms with Crippen LogP contribution in [0, 0.1) is 5.92 Å². The Balaban J connectivity index is 1.57. The first-order chi connectivity index (χ1) is 12.3. The number of hydrogen-bond donors (Lipinski definition) is 1. The van der Waals surface area contributed by atoms with Crippen LogP contribution >= 0.6 is 0 Å². The highest BCUT2D eigenvalue weighted by molar-refractivity contribution is 7.92. The van der Waals surface area contributed by atoms with Crippen molar-refractivity contribution in [3.63, 3.8) is 0 Å². The van der Waals surface area contributed by atoms with Gasteiger partial charge >= 0.3 is 0 Å². The van der Waals surface area contributed by atoms with Gasteiger partial charge in [0.2, 0.25) is 10.0 Å². The van der Waals surface area contributed by atoms with Crippen LogP contribution < -0.4 is 9.62 Å². The summed E-state index contributed by atoms with van der Waals surface area (Å²) in [6.07, 6.45) is 2.81. The lowest BCUT2D eigenvalue weighted by Gasteiger charge is -2.19. The summed E-state index contributed by atoms with van der Waals surface area (Å²) in [5.74, 6) is 0.241. The molecule has 1 aliphatic heterocycles. The molecule has 136 valence electrons. The molecule has 2 unspecified atom stereocenters. The molecular formula is C20H22N2O3S. The van der Waals surface area contributed by atoms with Crippen molar-refractivity contribution >= 4 is 21.6 Å². The van der Waals surface area contributed by atoms with Gasteiger partial charge in [0.1, 0.15) is 0 Å². The molecule has 5 nitrogen and oxygen atoms in total. The van der Waals surface area contributed by atoms with Gasteiger partial charge in [0.15, 0.2) is 0 Å². The highest BCUT2D eigenvalue weighted by atomic mass is 32.2. The van der Waals surface area contributed by atoms with Gasteiger partial charge < -0.3 is 5.32 Å². The fraction of sp³-hybridized carbons (Fsp3) is 0.350. The van der Waals surface area contributed by atoms with Crippen molar-refractivity contribution in [2.24, 2.45) is 5.92 Å². The number of rotatable bonds is 3. The molecule has 0 saturated heterocycles. The second kappa shape index (κ2) is 6.13. The van der Waals surface area contributed by atoms with Crippen molar-refractivity contribution in [1.82, 2.24) is 5.32 Å². The molecule has 2 aromatic rings. The molecule has 1 amide bonds. The van der Waals surface area contributed by atoms with Gasteiger partial charge in [-0.2, -0.15) is 0 Å². The molecule has 2 aliphatic rings. The maximum Gasteiger partial charge on any atom is 0.251 e. The summed E-state index contributed by atoms with van der Waals surface area (Å²) < 4.78 is 25.1. The highest BCUT2D eigenvalue weighted by Crippen LogP contribution is 2.36. The topological polar surface area (TPSA) is 66.5 Å². The van der Waals surface area contributed by atoms with Gasteiger partial charge in [0.25, 0.3) is 5.91 Å². The molecular weight excluding hydrogens is 348 g/mol. The van der Waals surface area contributed by atoms with Gasteiger partial charge in [-0.15, -0.1) is 0 Å². The van der Waals surface area contributed by atoms with Crippen LogP contribution in [-0.4, -0.2) is 27.1 Å². The van der Waals surface area contributed by atoms with Gasteiger partial charge in [0.05, 0.1) is 18.0 Å². The summed E-state index contributed by atoms with van der Waals surface area (Å²) in [5.41, 5.74) is 4.66. The Morgan fingerprint density at radius 1 is 1.15 bits per heavy atom. The van der Waals surface area contributed by atoms with E-state index in [1.54, 1.807) is 12.1 Å². The lowest BCUT2D eigenvalue weighted by Crippen LogP contribution is -2.30. The van der Waals surface area contributed by atoms with Crippen LogP contribution in [0.3, 0.4) is 0 Å². The zero-order valence-corrected chi connectivity index (χ0v) is 15.7. The first kappa shape index (κ1) is 17.1. The average molecular weight is 370 g/mol. The minimum Gasteiger partial charge on any atom is -0.345 e. The van der Waals surface area contributed by atoms with Gasteiger partial charge in [-0.3, -0.25) is 9.10 Å². The molecule has 0 spiro atoms. The van der Waals surface area contributed by atoms with Crippen molar-refractivity contribution in [2.45, 2.75) is 25.8 Å². The minimum atomic E-state index is -3.28. The number of benzene rings is 2. The zero-order chi connectivity index (χ0) is 18.5. The predicted octanol–water partition coefficient (Wildman–Crippen LogP) is 2.67. The summed E-state index contributed by atoms with van der Waals surface area (Å²) in [6.45, 7) is 2.59. The smallest absolute Gasteiger partial charge is 0.251 e. The molecule has 26 heavy (non-hydrogen) atoms. The van der Waals surface area contributed by atoms with E-state index < -0.39 is 10.0 Å². The van der Waals surface area contributed by atoms with Crippen LogP contribution in [-0.2, 0) is 22.9 Å². The van der Waals surface area contributed by atoms with Gasteiger partial charge in [0, 0.05) is 12.1 Å². The molecule has 1 heterocycles. The molecule has 6 heteroatoms. The number of hydrogen-bond acceptors (Lipinski definition) is 3. The van der Waals surface area contributed by atoms with E-state index in [1.165, 1.54) is 21.7 Å². The van der Waals surface area contributed by atoms with Crippen LogP contribution in [0.2, 0.25) is 0 Å². The molecule has 0 aromatic heterocycles. The first-order valence-electron chi connectivity index (χ1n) is 8.84. The summed E-state index contributed by atoms with van der Waals surface area (Å²) in [4.78, 5) is 12.8. The third kappa shape index (κ3) is 2.88. The number of fused-ring (bicyclic) bond motifs is 2. The van der Waals surface area contributed by atoms with E-state index in [9.17, 15) is 13.2 Å². The zero-order valence-electron chi connectivity index (χ0n) is 14.9. The van der Waals surface area contributed by atoms with Crippen molar-refractivity contribution in [1.29, 1.82) is 0 Å². The molecule has 2 aromatic carbocycles. The van der Waals surface area contributed by atoms with Crippen LogP contribution in [0.1, 0.15) is 40.0 Å². The molecule has 0 bridgehead atoms. The van der Waals surface area contributed by atoms with Gasteiger partial charge in [-0.1, -0.05) is 31.2 Å². The predicted molar refractivity (Wildman–Crippen MR) is 102 cm³/mol.